The highest BCUT2D eigenvalue weighted by Gasteiger charge is 2.31. The molecule has 0 aromatic heterocycles. The Morgan fingerprint density at radius 1 is 1.11 bits per heavy atom. The minimum atomic E-state index is -0.493. The van der Waals surface area contributed by atoms with Gasteiger partial charge in [0.2, 0.25) is 11.8 Å². The Balaban J connectivity index is 1.51. The quantitative estimate of drug-likeness (QED) is 0.773. The first kappa shape index (κ1) is 20.7. The van der Waals surface area contributed by atoms with Crippen molar-refractivity contribution in [2.24, 2.45) is 5.92 Å². The van der Waals surface area contributed by atoms with Crippen molar-refractivity contribution in [1.82, 2.24) is 14.7 Å². The standard InChI is InChI=1S/C21H29F2N3O2/c1-15(18-13-17(22)5-6-19(18)23)24(2)14-20(27)25-11-7-16(8-12-25)21(28)26-9-3-4-10-26/h5-6,13,15-16H,3-4,7-12,14H2,1-2H3. The zero-order chi connectivity index (χ0) is 20.3. The van der Waals surface area contributed by atoms with Crippen molar-refractivity contribution >= 4 is 11.8 Å². The number of amides is 2. The fourth-order valence-corrected chi connectivity index (χ4v) is 4.09. The molecule has 2 fully saturated rings. The molecule has 5 nitrogen and oxygen atoms in total. The van der Waals surface area contributed by atoms with Gasteiger partial charge in [-0.05, 0) is 57.9 Å². The summed E-state index contributed by atoms with van der Waals surface area (Å²) in [6.45, 7) is 4.74. The van der Waals surface area contributed by atoms with Crippen LogP contribution in [0.25, 0.3) is 0 Å². The van der Waals surface area contributed by atoms with Gasteiger partial charge < -0.3 is 9.80 Å². The largest absolute Gasteiger partial charge is 0.342 e. The lowest BCUT2D eigenvalue weighted by atomic mass is 9.95. The highest BCUT2D eigenvalue weighted by atomic mass is 19.1. The predicted molar refractivity (Wildman–Crippen MR) is 103 cm³/mol. The molecule has 0 N–H and O–H groups in total. The topological polar surface area (TPSA) is 43.9 Å². The first-order chi connectivity index (χ1) is 13.4. The van der Waals surface area contributed by atoms with E-state index >= 15 is 0 Å². The van der Waals surface area contributed by atoms with E-state index in [2.05, 4.69) is 0 Å². The summed E-state index contributed by atoms with van der Waals surface area (Å²) >= 11 is 0. The van der Waals surface area contributed by atoms with Crippen molar-refractivity contribution in [2.75, 3.05) is 39.8 Å². The normalized spacial score (nSPS) is 19.3. The fourth-order valence-electron chi connectivity index (χ4n) is 4.09. The number of likely N-dealkylation sites (N-methyl/N-ethyl adjacent to an activating group) is 1. The van der Waals surface area contributed by atoms with Crippen molar-refractivity contribution in [3.8, 4) is 0 Å². The minimum Gasteiger partial charge on any atom is -0.342 e. The van der Waals surface area contributed by atoms with Crippen LogP contribution in [0.2, 0.25) is 0 Å². The summed E-state index contributed by atoms with van der Waals surface area (Å²) in [6.07, 6.45) is 3.55. The second-order valence-corrected chi connectivity index (χ2v) is 7.94. The zero-order valence-corrected chi connectivity index (χ0v) is 16.7. The summed E-state index contributed by atoms with van der Waals surface area (Å²) in [6, 6.07) is 2.95. The number of benzene rings is 1. The second-order valence-electron chi connectivity index (χ2n) is 7.94. The molecule has 2 heterocycles. The Bertz CT molecular complexity index is 714. The average Bonchev–Trinajstić information content (AvgIpc) is 3.23. The lowest BCUT2D eigenvalue weighted by molar-refractivity contribution is -0.140. The summed E-state index contributed by atoms with van der Waals surface area (Å²) in [4.78, 5) is 30.6. The van der Waals surface area contributed by atoms with Gasteiger partial charge in [-0.3, -0.25) is 14.5 Å². The lowest BCUT2D eigenvalue weighted by Crippen LogP contribution is -2.46. The van der Waals surface area contributed by atoms with E-state index in [1.54, 1.807) is 23.8 Å². The Morgan fingerprint density at radius 3 is 2.39 bits per heavy atom. The molecule has 1 atom stereocenters. The van der Waals surface area contributed by atoms with E-state index in [1.807, 2.05) is 4.90 Å². The van der Waals surface area contributed by atoms with Gasteiger partial charge in [-0.15, -0.1) is 0 Å². The third-order valence-electron chi connectivity index (χ3n) is 6.07. The number of carbonyl (C=O) groups excluding carboxylic acids is 2. The molecule has 1 unspecified atom stereocenters. The van der Waals surface area contributed by atoms with E-state index in [9.17, 15) is 18.4 Å². The van der Waals surface area contributed by atoms with E-state index in [0.29, 0.717) is 25.9 Å². The smallest absolute Gasteiger partial charge is 0.236 e. The maximum Gasteiger partial charge on any atom is 0.236 e. The van der Waals surface area contributed by atoms with Gasteiger partial charge in [0.25, 0.3) is 0 Å². The molecular formula is C21H29F2N3O2. The van der Waals surface area contributed by atoms with Crippen LogP contribution in [0.4, 0.5) is 8.78 Å². The number of rotatable bonds is 5. The maximum absolute atomic E-state index is 14.0. The molecule has 3 rings (SSSR count). The minimum absolute atomic E-state index is 0.0141. The molecular weight excluding hydrogens is 364 g/mol. The first-order valence-corrected chi connectivity index (χ1v) is 10.1. The molecule has 2 aliphatic heterocycles. The molecule has 1 aromatic carbocycles. The highest BCUT2D eigenvalue weighted by molar-refractivity contribution is 5.81. The molecule has 0 spiro atoms. The molecule has 28 heavy (non-hydrogen) atoms. The number of halogens is 2. The summed E-state index contributed by atoms with van der Waals surface area (Å²) in [5, 5.41) is 0. The number of carbonyl (C=O) groups is 2. The van der Waals surface area contributed by atoms with E-state index in [-0.39, 0.29) is 29.8 Å². The van der Waals surface area contributed by atoms with Gasteiger partial charge in [-0.2, -0.15) is 0 Å². The molecule has 0 radical (unpaired) electrons. The monoisotopic (exact) mass is 393 g/mol. The van der Waals surface area contributed by atoms with Crippen LogP contribution in [0.3, 0.4) is 0 Å². The van der Waals surface area contributed by atoms with E-state index in [4.69, 9.17) is 0 Å². The van der Waals surface area contributed by atoms with Gasteiger partial charge in [0.05, 0.1) is 6.54 Å². The molecule has 2 saturated heterocycles. The Morgan fingerprint density at radius 2 is 1.75 bits per heavy atom. The fraction of sp³-hybridized carbons (Fsp3) is 0.619. The number of likely N-dealkylation sites (tertiary alicyclic amines) is 2. The van der Waals surface area contributed by atoms with Crippen LogP contribution in [-0.2, 0) is 9.59 Å². The summed E-state index contributed by atoms with van der Waals surface area (Å²) < 4.78 is 27.4. The lowest BCUT2D eigenvalue weighted by Gasteiger charge is -2.34. The van der Waals surface area contributed by atoms with Gasteiger partial charge in [0, 0.05) is 43.7 Å². The Hall–Kier alpha value is -2.02. The van der Waals surface area contributed by atoms with E-state index in [0.717, 1.165) is 38.1 Å². The van der Waals surface area contributed by atoms with Crippen LogP contribution >= 0.6 is 0 Å². The maximum atomic E-state index is 14.0. The van der Waals surface area contributed by atoms with Gasteiger partial charge in [-0.1, -0.05) is 0 Å². The Labute approximate surface area is 165 Å². The highest BCUT2D eigenvalue weighted by Crippen LogP contribution is 2.25. The third kappa shape index (κ3) is 4.69. The van der Waals surface area contributed by atoms with Gasteiger partial charge in [-0.25, -0.2) is 8.78 Å². The molecule has 2 aliphatic rings. The van der Waals surface area contributed by atoms with E-state index < -0.39 is 17.7 Å². The van der Waals surface area contributed by atoms with Crippen LogP contribution in [0.15, 0.2) is 18.2 Å². The number of hydrogen-bond donors (Lipinski definition) is 0. The molecule has 1 aromatic rings. The van der Waals surface area contributed by atoms with E-state index in [1.165, 1.54) is 6.07 Å². The van der Waals surface area contributed by atoms with Crippen LogP contribution in [0.5, 0.6) is 0 Å². The van der Waals surface area contributed by atoms with Gasteiger partial charge >= 0.3 is 0 Å². The molecule has 154 valence electrons. The molecule has 0 aliphatic carbocycles. The van der Waals surface area contributed by atoms with Crippen molar-refractivity contribution < 1.29 is 18.4 Å². The van der Waals surface area contributed by atoms with Crippen molar-refractivity contribution in [3.05, 3.63) is 35.4 Å². The molecule has 7 heteroatoms. The van der Waals surface area contributed by atoms with Crippen LogP contribution in [0, 0.1) is 17.6 Å². The van der Waals surface area contributed by atoms with Crippen LogP contribution in [-0.4, -0.2) is 66.3 Å². The SMILES string of the molecule is CC(c1cc(F)ccc1F)N(C)CC(=O)N1CCC(C(=O)N2CCCC2)CC1. The third-order valence-corrected chi connectivity index (χ3v) is 6.07. The van der Waals surface area contributed by atoms with Crippen LogP contribution < -0.4 is 0 Å². The van der Waals surface area contributed by atoms with Gasteiger partial charge in [0.1, 0.15) is 11.6 Å². The second kappa shape index (κ2) is 8.99. The average molecular weight is 393 g/mol. The summed E-state index contributed by atoms with van der Waals surface area (Å²) in [5.74, 6) is -0.766. The summed E-state index contributed by atoms with van der Waals surface area (Å²) in [7, 11) is 1.73. The van der Waals surface area contributed by atoms with Gasteiger partial charge in [0.15, 0.2) is 0 Å². The van der Waals surface area contributed by atoms with Crippen molar-refractivity contribution in [1.29, 1.82) is 0 Å². The number of piperidine rings is 1. The summed E-state index contributed by atoms with van der Waals surface area (Å²) in [5.41, 5.74) is 0.241. The zero-order valence-electron chi connectivity index (χ0n) is 16.7. The number of hydrogen-bond acceptors (Lipinski definition) is 3. The predicted octanol–water partition coefficient (Wildman–Crippen LogP) is 2.82. The van der Waals surface area contributed by atoms with Crippen LogP contribution in [0.1, 0.15) is 44.2 Å². The number of nitrogens with zero attached hydrogens (tertiary/aromatic N) is 3. The molecule has 2 amide bonds. The molecule has 0 saturated carbocycles. The van der Waals surface area contributed by atoms with Crippen molar-refractivity contribution in [2.45, 2.75) is 38.6 Å². The molecule has 0 bridgehead atoms. The van der Waals surface area contributed by atoms with Crippen molar-refractivity contribution in [3.63, 3.8) is 0 Å². The first-order valence-electron chi connectivity index (χ1n) is 10.1. The Kier molecular flexibility index (Phi) is 6.65.